The zero-order valence-corrected chi connectivity index (χ0v) is 6.53. The molecule has 11 heavy (non-hydrogen) atoms. The van der Waals surface area contributed by atoms with Gasteiger partial charge in [-0.1, -0.05) is 0 Å². The smallest absolute Gasteiger partial charge is 0.286 e. The summed E-state index contributed by atoms with van der Waals surface area (Å²) in [7, 11) is 0. The molecule has 0 saturated heterocycles. The van der Waals surface area contributed by atoms with Crippen molar-refractivity contribution >= 4 is 0 Å². The molecule has 0 N–H and O–H groups in total. The fourth-order valence-electron chi connectivity index (χ4n) is 1.15. The van der Waals surface area contributed by atoms with E-state index in [0.29, 0.717) is 0 Å². The second kappa shape index (κ2) is 2.37. The standard InChI is InChI=1S/C7H11F3O/c1-3-11-5-4-7(9,10)6(5,2)8/h5H,3-4H2,1-2H3. The fourth-order valence-corrected chi connectivity index (χ4v) is 1.15. The zero-order chi connectivity index (χ0) is 8.70. The maximum absolute atomic E-state index is 13.0. The first-order chi connectivity index (χ1) is 4.92. The largest absolute Gasteiger partial charge is 0.375 e. The molecule has 1 fully saturated rings. The Morgan fingerprint density at radius 1 is 1.45 bits per heavy atom. The summed E-state index contributed by atoms with van der Waals surface area (Å²) in [5.74, 6) is -3.20. The van der Waals surface area contributed by atoms with Gasteiger partial charge in [0, 0.05) is 13.0 Å². The van der Waals surface area contributed by atoms with Crippen LogP contribution in [0.15, 0.2) is 0 Å². The van der Waals surface area contributed by atoms with Crippen LogP contribution >= 0.6 is 0 Å². The Labute approximate surface area is 63.5 Å². The topological polar surface area (TPSA) is 9.23 Å². The molecule has 0 aliphatic heterocycles. The third kappa shape index (κ3) is 1.13. The molecule has 0 heterocycles. The Bertz CT molecular complexity index is 156. The molecule has 0 amide bonds. The summed E-state index contributed by atoms with van der Waals surface area (Å²) in [4.78, 5) is 0. The van der Waals surface area contributed by atoms with Crippen LogP contribution in [0.1, 0.15) is 20.3 Å². The molecule has 0 spiro atoms. The van der Waals surface area contributed by atoms with Gasteiger partial charge in [-0.3, -0.25) is 0 Å². The minimum Gasteiger partial charge on any atom is -0.375 e. The van der Waals surface area contributed by atoms with Crippen LogP contribution in [0.5, 0.6) is 0 Å². The van der Waals surface area contributed by atoms with Crippen LogP contribution in [0.2, 0.25) is 0 Å². The second-order valence-corrected chi connectivity index (χ2v) is 2.93. The van der Waals surface area contributed by atoms with E-state index in [0.717, 1.165) is 6.92 Å². The number of halogens is 3. The Kier molecular flexibility index (Phi) is 1.90. The second-order valence-electron chi connectivity index (χ2n) is 2.93. The van der Waals surface area contributed by atoms with E-state index in [2.05, 4.69) is 0 Å². The van der Waals surface area contributed by atoms with Crippen LogP contribution in [-0.2, 0) is 4.74 Å². The summed E-state index contributed by atoms with van der Waals surface area (Å²) < 4.78 is 42.6. The number of hydrogen-bond acceptors (Lipinski definition) is 1. The molecule has 2 atom stereocenters. The van der Waals surface area contributed by atoms with Crippen molar-refractivity contribution in [2.45, 2.75) is 38.0 Å². The van der Waals surface area contributed by atoms with Gasteiger partial charge in [0.15, 0.2) is 5.67 Å². The van der Waals surface area contributed by atoms with Gasteiger partial charge in [-0.25, -0.2) is 13.2 Å². The van der Waals surface area contributed by atoms with E-state index in [1.807, 2.05) is 0 Å². The van der Waals surface area contributed by atoms with Gasteiger partial charge in [0.05, 0.1) is 0 Å². The number of hydrogen-bond donors (Lipinski definition) is 0. The lowest BCUT2D eigenvalue weighted by atomic mass is 9.76. The summed E-state index contributed by atoms with van der Waals surface area (Å²) in [5, 5.41) is 0. The average molecular weight is 168 g/mol. The quantitative estimate of drug-likeness (QED) is 0.613. The maximum atomic E-state index is 13.0. The molecule has 1 aliphatic rings. The molecule has 0 aromatic carbocycles. The van der Waals surface area contributed by atoms with Gasteiger partial charge in [0.2, 0.25) is 0 Å². The first kappa shape index (κ1) is 8.84. The molecule has 0 radical (unpaired) electrons. The molecule has 4 heteroatoms. The Morgan fingerprint density at radius 2 is 2.00 bits per heavy atom. The third-order valence-electron chi connectivity index (χ3n) is 2.13. The van der Waals surface area contributed by atoms with E-state index < -0.39 is 24.1 Å². The van der Waals surface area contributed by atoms with Crippen LogP contribution in [0.3, 0.4) is 0 Å². The van der Waals surface area contributed by atoms with E-state index in [-0.39, 0.29) is 6.61 Å². The SMILES string of the molecule is CCOC1CC(F)(F)C1(C)F. The van der Waals surface area contributed by atoms with Crippen molar-refractivity contribution in [3.05, 3.63) is 0 Å². The molecular weight excluding hydrogens is 157 g/mol. The highest BCUT2D eigenvalue weighted by atomic mass is 19.3. The van der Waals surface area contributed by atoms with E-state index in [4.69, 9.17) is 4.74 Å². The maximum Gasteiger partial charge on any atom is 0.286 e. The highest BCUT2D eigenvalue weighted by Gasteiger charge is 2.67. The van der Waals surface area contributed by atoms with Crippen molar-refractivity contribution in [2.24, 2.45) is 0 Å². The van der Waals surface area contributed by atoms with Gasteiger partial charge in [-0.2, -0.15) is 0 Å². The Morgan fingerprint density at radius 3 is 2.27 bits per heavy atom. The van der Waals surface area contributed by atoms with Crippen molar-refractivity contribution in [3.8, 4) is 0 Å². The van der Waals surface area contributed by atoms with Gasteiger partial charge in [0.1, 0.15) is 6.10 Å². The first-order valence-electron chi connectivity index (χ1n) is 3.60. The molecule has 1 nitrogen and oxygen atoms in total. The molecule has 0 aromatic heterocycles. The molecule has 1 saturated carbocycles. The number of rotatable bonds is 2. The minimum atomic E-state index is -3.20. The normalized spacial score (nSPS) is 41.7. The van der Waals surface area contributed by atoms with Crippen molar-refractivity contribution in [1.82, 2.24) is 0 Å². The van der Waals surface area contributed by atoms with E-state index in [1.165, 1.54) is 0 Å². The van der Waals surface area contributed by atoms with Crippen LogP contribution in [-0.4, -0.2) is 24.3 Å². The van der Waals surface area contributed by atoms with Crippen molar-refractivity contribution in [3.63, 3.8) is 0 Å². The first-order valence-corrected chi connectivity index (χ1v) is 3.60. The summed E-state index contributed by atoms with van der Waals surface area (Å²) in [6, 6.07) is 0. The Hall–Kier alpha value is -0.250. The molecule has 1 aliphatic carbocycles. The monoisotopic (exact) mass is 168 g/mol. The van der Waals surface area contributed by atoms with Gasteiger partial charge < -0.3 is 4.74 Å². The molecule has 66 valence electrons. The Balaban J connectivity index is 2.54. The van der Waals surface area contributed by atoms with Crippen LogP contribution in [0, 0.1) is 0 Å². The van der Waals surface area contributed by atoms with Crippen LogP contribution in [0.4, 0.5) is 13.2 Å². The van der Waals surface area contributed by atoms with Crippen molar-refractivity contribution in [1.29, 1.82) is 0 Å². The predicted molar refractivity (Wildman–Crippen MR) is 34.5 cm³/mol. The van der Waals surface area contributed by atoms with E-state index in [1.54, 1.807) is 6.92 Å². The van der Waals surface area contributed by atoms with E-state index in [9.17, 15) is 13.2 Å². The van der Waals surface area contributed by atoms with E-state index >= 15 is 0 Å². The summed E-state index contributed by atoms with van der Waals surface area (Å²) in [5.41, 5.74) is -2.47. The lowest BCUT2D eigenvalue weighted by molar-refractivity contribution is -0.277. The van der Waals surface area contributed by atoms with Gasteiger partial charge in [-0.15, -0.1) is 0 Å². The molecule has 1 rings (SSSR count). The number of alkyl halides is 3. The minimum absolute atomic E-state index is 0.278. The average Bonchev–Trinajstić information content (AvgIpc) is 1.87. The molecule has 0 bridgehead atoms. The van der Waals surface area contributed by atoms with Gasteiger partial charge >= 0.3 is 0 Å². The third-order valence-corrected chi connectivity index (χ3v) is 2.13. The lowest BCUT2D eigenvalue weighted by Crippen LogP contribution is -2.64. The molecule has 2 unspecified atom stereocenters. The molecular formula is C7H11F3O. The zero-order valence-electron chi connectivity index (χ0n) is 6.53. The fraction of sp³-hybridized carbons (Fsp3) is 1.00. The van der Waals surface area contributed by atoms with Crippen LogP contribution in [0.25, 0.3) is 0 Å². The van der Waals surface area contributed by atoms with Crippen molar-refractivity contribution < 1.29 is 17.9 Å². The number of ether oxygens (including phenoxy) is 1. The summed E-state index contributed by atoms with van der Waals surface area (Å²) in [6.07, 6.45) is -1.42. The highest BCUT2D eigenvalue weighted by molar-refractivity contribution is 5.08. The highest BCUT2D eigenvalue weighted by Crippen LogP contribution is 2.51. The predicted octanol–water partition coefficient (Wildman–Crippen LogP) is 2.16. The lowest BCUT2D eigenvalue weighted by Gasteiger charge is -2.46. The van der Waals surface area contributed by atoms with Crippen LogP contribution < -0.4 is 0 Å². The van der Waals surface area contributed by atoms with Gasteiger partial charge in [0.25, 0.3) is 5.92 Å². The summed E-state index contributed by atoms with van der Waals surface area (Å²) >= 11 is 0. The van der Waals surface area contributed by atoms with Gasteiger partial charge in [-0.05, 0) is 13.8 Å². The summed E-state index contributed by atoms with van der Waals surface area (Å²) in [6.45, 7) is 2.82. The van der Waals surface area contributed by atoms with Crippen molar-refractivity contribution in [2.75, 3.05) is 6.61 Å². The molecule has 0 aromatic rings.